The number of amides is 1. The van der Waals surface area contributed by atoms with E-state index in [4.69, 9.17) is 0 Å². The number of aromatic nitrogens is 2. The molecule has 0 aliphatic carbocycles. The molecule has 128 valence electrons. The molecule has 0 unspecified atom stereocenters. The predicted octanol–water partition coefficient (Wildman–Crippen LogP) is 4.02. The van der Waals surface area contributed by atoms with E-state index in [1.54, 1.807) is 0 Å². The van der Waals surface area contributed by atoms with Crippen molar-refractivity contribution in [3.8, 4) is 5.69 Å². The second kappa shape index (κ2) is 7.34. The summed E-state index contributed by atoms with van der Waals surface area (Å²) in [5, 5.41) is 7.59. The topological polar surface area (TPSA) is 46.9 Å². The van der Waals surface area contributed by atoms with Gasteiger partial charge in [0.1, 0.15) is 0 Å². The summed E-state index contributed by atoms with van der Waals surface area (Å²) < 4.78 is 1.82. The van der Waals surface area contributed by atoms with E-state index in [-0.39, 0.29) is 11.8 Å². The number of nitrogens with zero attached hydrogens (tertiary/aromatic N) is 2. The zero-order valence-corrected chi connectivity index (χ0v) is 14.9. The molecule has 0 bridgehead atoms. The van der Waals surface area contributed by atoms with Gasteiger partial charge in [0.05, 0.1) is 22.6 Å². The van der Waals surface area contributed by atoms with Gasteiger partial charge in [-0.25, -0.2) is 4.68 Å². The summed E-state index contributed by atoms with van der Waals surface area (Å²) in [5.41, 5.74) is 4.43. The quantitative estimate of drug-likeness (QED) is 0.766. The maximum Gasteiger partial charge on any atom is 0.255 e. The number of nitrogens with one attached hydrogen (secondary N) is 1. The number of hydrogen-bond donors (Lipinski definition) is 1. The van der Waals surface area contributed by atoms with Crippen LogP contribution in [0.5, 0.6) is 0 Å². The largest absolute Gasteiger partial charge is 0.351 e. The number of carbonyl (C=O) groups excluding carboxylic acids is 1. The Morgan fingerprint density at radius 2 is 1.64 bits per heavy atom. The van der Waals surface area contributed by atoms with Crippen LogP contribution in [0.15, 0.2) is 60.7 Å². The predicted molar refractivity (Wildman–Crippen MR) is 100 cm³/mol. The summed E-state index contributed by atoms with van der Waals surface area (Å²) in [7, 11) is 0. The molecular weight excluding hydrogens is 310 g/mol. The van der Waals surface area contributed by atoms with E-state index in [2.05, 4.69) is 29.5 Å². The van der Waals surface area contributed by atoms with Crippen molar-refractivity contribution in [2.24, 2.45) is 0 Å². The zero-order valence-electron chi connectivity index (χ0n) is 14.9. The third-order valence-electron chi connectivity index (χ3n) is 4.46. The molecule has 4 heteroatoms. The van der Waals surface area contributed by atoms with Crippen LogP contribution in [0.4, 0.5) is 0 Å². The monoisotopic (exact) mass is 333 g/mol. The maximum atomic E-state index is 12.7. The fourth-order valence-corrected chi connectivity index (χ4v) is 3.03. The Bertz CT molecular complexity index is 854. The van der Waals surface area contributed by atoms with Gasteiger partial charge in [-0.2, -0.15) is 5.10 Å². The van der Waals surface area contributed by atoms with Crippen molar-refractivity contribution in [2.45, 2.75) is 26.7 Å². The summed E-state index contributed by atoms with van der Waals surface area (Å²) in [6.45, 7) is 6.52. The van der Waals surface area contributed by atoms with Crippen molar-refractivity contribution in [1.82, 2.24) is 15.1 Å². The highest BCUT2D eigenvalue weighted by molar-refractivity contribution is 5.96. The summed E-state index contributed by atoms with van der Waals surface area (Å²) in [5.74, 6) is 0.190. The van der Waals surface area contributed by atoms with Crippen LogP contribution in [0.1, 0.15) is 40.2 Å². The van der Waals surface area contributed by atoms with Crippen LogP contribution in [0.2, 0.25) is 0 Å². The lowest BCUT2D eigenvalue weighted by molar-refractivity contribution is 0.0950. The van der Waals surface area contributed by atoms with Gasteiger partial charge in [-0.3, -0.25) is 4.79 Å². The molecule has 25 heavy (non-hydrogen) atoms. The second-order valence-corrected chi connectivity index (χ2v) is 6.31. The van der Waals surface area contributed by atoms with Gasteiger partial charge in [-0.1, -0.05) is 55.5 Å². The Morgan fingerprint density at radius 1 is 1.04 bits per heavy atom. The van der Waals surface area contributed by atoms with Crippen LogP contribution < -0.4 is 5.32 Å². The van der Waals surface area contributed by atoms with Gasteiger partial charge in [0.2, 0.25) is 0 Å². The minimum absolute atomic E-state index is 0.0695. The SMILES string of the molecule is Cc1nn(-c2ccccc2)c(C)c1C(=O)NC[C@@H](C)c1ccccc1. The smallest absolute Gasteiger partial charge is 0.255 e. The lowest BCUT2D eigenvalue weighted by Crippen LogP contribution is -2.28. The van der Waals surface area contributed by atoms with Gasteiger partial charge < -0.3 is 5.32 Å². The van der Waals surface area contributed by atoms with Gasteiger partial charge in [0.15, 0.2) is 0 Å². The molecule has 0 saturated carbocycles. The van der Waals surface area contributed by atoms with Gasteiger partial charge in [-0.15, -0.1) is 0 Å². The fourth-order valence-electron chi connectivity index (χ4n) is 3.03. The summed E-state index contributed by atoms with van der Waals surface area (Å²) in [6, 6.07) is 20.1. The van der Waals surface area contributed by atoms with E-state index >= 15 is 0 Å². The lowest BCUT2D eigenvalue weighted by Gasteiger charge is -2.13. The molecule has 0 fully saturated rings. The minimum Gasteiger partial charge on any atom is -0.351 e. The second-order valence-electron chi connectivity index (χ2n) is 6.31. The molecule has 0 aliphatic heterocycles. The first-order valence-corrected chi connectivity index (χ1v) is 8.52. The van der Waals surface area contributed by atoms with Crippen molar-refractivity contribution in [1.29, 1.82) is 0 Å². The van der Waals surface area contributed by atoms with Crippen LogP contribution in [0, 0.1) is 13.8 Å². The van der Waals surface area contributed by atoms with Crippen LogP contribution >= 0.6 is 0 Å². The van der Waals surface area contributed by atoms with Gasteiger partial charge in [0, 0.05) is 6.54 Å². The van der Waals surface area contributed by atoms with E-state index < -0.39 is 0 Å². The first-order valence-electron chi connectivity index (χ1n) is 8.52. The minimum atomic E-state index is -0.0695. The highest BCUT2D eigenvalue weighted by Crippen LogP contribution is 2.18. The third-order valence-corrected chi connectivity index (χ3v) is 4.46. The Morgan fingerprint density at radius 3 is 2.28 bits per heavy atom. The van der Waals surface area contributed by atoms with E-state index in [1.807, 2.05) is 67.1 Å². The first kappa shape index (κ1) is 17.0. The Balaban J connectivity index is 1.76. The first-order chi connectivity index (χ1) is 12.1. The van der Waals surface area contributed by atoms with E-state index in [0.29, 0.717) is 12.1 Å². The number of para-hydroxylation sites is 1. The average Bonchev–Trinajstić information content (AvgIpc) is 2.95. The lowest BCUT2D eigenvalue weighted by atomic mass is 10.0. The molecule has 0 saturated heterocycles. The van der Waals surface area contributed by atoms with Crippen LogP contribution in [-0.4, -0.2) is 22.2 Å². The normalized spacial score (nSPS) is 12.0. The number of rotatable bonds is 5. The van der Waals surface area contributed by atoms with Gasteiger partial charge >= 0.3 is 0 Å². The van der Waals surface area contributed by atoms with E-state index in [9.17, 15) is 4.79 Å². The molecule has 0 aliphatic rings. The maximum absolute atomic E-state index is 12.7. The third kappa shape index (κ3) is 3.63. The summed E-state index contributed by atoms with van der Waals surface area (Å²) in [4.78, 5) is 12.7. The zero-order chi connectivity index (χ0) is 17.8. The van der Waals surface area contributed by atoms with E-state index in [0.717, 1.165) is 17.1 Å². The van der Waals surface area contributed by atoms with Crippen LogP contribution in [0.25, 0.3) is 5.69 Å². The van der Waals surface area contributed by atoms with Gasteiger partial charge in [0.25, 0.3) is 5.91 Å². The molecule has 1 aromatic heterocycles. The van der Waals surface area contributed by atoms with Crippen molar-refractivity contribution >= 4 is 5.91 Å². The van der Waals surface area contributed by atoms with Crippen molar-refractivity contribution in [2.75, 3.05) is 6.54 Å². The summed E-state index contributed by atoms with van der Waals surface area (Å²) >= 11 is 0. The highest BCUT2D eigenvalue weighted by Gasteiger charge is 2.19. The Kier molecular flexibility index (Phi) is 4.98. The number of carbonyl (C=O) groups is 1. The molecule has 2 aromatic carbocycles. The number of aryl methyl sites for hydroxylation is 1. The Hall–Kier alpha value is -2.88. The standard InChI is InChI=1S/C21H23N3O/c1-15(18-10-6-4-7-11-18)14-22-21(25)20-16(2)23-24(17(20)3)19-12-8-5-9-13-19/h4-13,15H,14H2,1-3H3,(H,22,25)/t15-/m1/s1. The molecule has 3 rings (SSSR count). The molecule has 1 amide bonds. The molecule has 1 atom stereocenters. The van der Waals surface area contributed by atoms with Gasteiger partial charge in [-0.05, 0) is 37.5 Å². The van der Waals surface area contributed by atoms with Crippen LogP contribution in [-0.2, 0) is 0 Å². The molecule has 0 spiro atoms. The number of hydrogen-bond acceptors (Lipinski definition) is 2. The number of benzene rings is 2. The molecule has 3 aromatic rings. The van der Waals surface area contributed by atoms with Crippen LogP contribution in [0.3, 0.4) is 0 Å². The molecule has 4 nitrogen and oxygen atoms in total. The molecule has 1 N–H and O–H groups in total. The molecular formula is C21H23N3O. The van der Waals surface area contributed by atoms with Crippen molar-refractivity contribution < 1.29 is 4.79 Å². The van der Waals surface area contributed by atoms with Crippen molar-refractivity contribution in [3.63, 3.8) is 0 Å². The highest BCUT2D eigenvalue weighted by atomic mass is 16.1. The molecule has 0 radical (unpaired) electrons. The van der Waals surface area contributed by atoms with Crippen molar-refractivity contribution in [3.05, 3.63) is 83.2 Å². The summed E-state index contributed by atoms with van der Waals surface area (Å²) in [6.07, 6.45) is 0. The average molecular weight is 333 g/mol. The fraction of sp³-hybridized carbons (Fsp3) is 0.238. The van der Waals surface area contributed by atoms with E-state index in [1.165, 1.54) is 5.56 Å². The molecule has 1 heterocycles. The Labute approximate surface area is 148 Å².